The first kappa shape index (κ1) is 35.4. The van der Waals surface area contributed by atoms with E-state index in [0.29, 0.717) is 55.9 Å². The number of likely N-dealkylation sites (tertiary alicyclic amines) is 2. The van der Waals surface area contributed by atoms with Crippen molar-refractivity contribution in [1.82, 2.24) is 9.80 Å². The summed E-state index contributed by atoms with van der Waals surface area (Å²) in [6, 6.07) is 8.96. The average molecular weight is 690 g/mol. The number of alkyl halides is 4. The SMILES string of the molecule is COC[C@@H]1C[C@@H](c2ccc(C(F)(F)F)cc2N2CCC(C(=O)O)CC2)CN1C(=O)[C@]1(F)CN(C2CCCC2)C[C@H]1c1ccc(OC)cc1C. The Morgan fingerprint density at radius 1 is 0.980 bits per heavy atom. The highest BCUT2D eigenvalue weighted by Gasteiger charge is 2.58. The minimum atomic E-state index is -4.56. The van der Waals surface area contributed by atoms with E-state index in [1.165, 1.54) is 13.2 Å². The zero-order valence-electron chi connectivity index (χ0n) is 28.5. The van der Waals surface area contributed by atoms with Crippen LogP contribution in [0.3, 0.4) is 0 Å². The number of benzene rings is 2. The number of halogens is 4. The Morgan fingerprint density at radius 3 is 2.29 bits per heavy atom. The van der Waals surface area contributed by atoms with Crippen molar-refractivity contribution in [1.29, 1.82) is 0 Å². The number of hydrogen-bond acceptors (Lipinski definition) is 6. The highest BCUT2D eigenvalue weighted by Crippen LogP contribution is 2.47. The Kier molecular flexibility index (Phi) is 10.2. The third kappa shape index (κ3) is 7.00. The minimum Gasteiger partial charge on any atom is -0.497 e. The van der Waals surface area contributed by atoms with Gasteiger partial charge >= 0.3 is 12.1 Å². The molecule has 4 fully saturated rings. The van der Waals surface area contributed by atoms with Gasteiger partial charge in [0.1, 0.15) is 5.75 Å². The summed E-state index contributed by atoms with van der Waals surface area (Å²) in [6.07, 6.45) is 0.570. The van der Waals surface area contributed by atoms with Crippen LogP contribution in [0.1, 0.15) is 79.0 Å². The quantitative estimate of drug-likeness (QED) is 0.305. The van der Waals surface area contributed by atoms with E-state index in [0.717, 1.165) is 48.9 Å². The van der Waals surface area contributed by atoms with E-state index < -0.39 is 47.2 Å². The van der Waals surface area contributed by atoms with Gasteiger partial charge in [-0.05, 0) is 80.0 Å². The number of nitrogens with zero attached hydrogens (tertiary/aromatic N) is 3. The molecule has 4 atom stereocenters. The lowest BCUT2D eigenvalue weighted by molar-refractivity contribution is -0.146. The molecule has 0 bridgehead atoms. The molecular formula is C37H47F4N3O5. The molecule has 1 amide bonds. The molecule has 1 saturated carbocycles. The average Bonchev–Trinajstić information content (AvgIpc) is 3.84. The van der Waals surface area contributed by atoms with Crippen molar-refractivity contribution < 1.29 is 41.7 Å². The van der Waals surface area contributed by atoms with Crippen molar-refractivity contribution in [3.63, 3.8) is 0 Å². The lowest BCUT2D eigenvalue weighted by Crippen LogP contribution is -2.53. The van der Waals surface area contributed by atoms with Crippen molar-refractivity contribution >= 4 is 17.6 Å². The molecule has 3 saturated heterocycles. The van der Waals surface area contributed by atoms with E-state index in [9.17, 15) is 27.9 Å². The molecule has 1 aliphatic carbocycles. The molecule has 2 aromatic carbocycles. The Morgan fingerprint density at radius 2 is 1.67 bits per heavy atom. The number of ether oxygens (including phenoxy) is 2. The van der Waals surface area contributed by atoms with Gasteiger partial charge < -0.3 is 24.4 Å². The molecule has 8 nitrogen and oxygen atoms in total. The molecule has 3 heterocycles. The first-order valence-corrected chi connectivity index (χ1v) is 17.4. The number of aryl methyl sites for hydroxylation is 1. The molecule has 3 aliphatic heterocycles. The summed E-state index contributed by atoms with van der Waals surface area (Å²) in [5, 5.41) is 9.50. The summed E-state index contributed by atoms with van der Waals surface area (Å²) in [7, 11) is 3.10. The number of anilines is 1. The molecule has 1 N–H and O–H groups in total. The first-order valence-electron chi connectivity index (χ1n) is 17.4. The number of carboxylic acid groups (broad SMARTS) is 1. The maximum Gasteiger partial charge on any atom is 0.416 e. The second-order valence-electron chi connectivity index (χ2n) is 14.4. The van der Waals surface area contributed by atoms with Gasteiger partial charge in [0, 0.05) is 63.4 Å². The number of aliphatic carboxylic acids is 1. The molecule has 0 radical (unpaired) electrons. The van der Waals surface area contributed by atoms with Crippen LogP contribution in [0.15, 0.2) is 36.4 Å². The van der Waals surface area contributed by atoms with E-state index in [-0.39, 0.29) is 31.7 Å². The fraction of sp³-hybridized carbons (Fsp3) is 0.622. The number of amides is 1. The van der Waals surface area contributed by atoms with Gasteiger partial charge in [0.25, 0.3) is 5.91 Å². The van der Waals surface area contributed by atoms with Crippen LogP contribution < -0.4 is 9.64 Å². The lowest BCUT2D eigenvalue weighted by atomic mass is 9.83. The summed E-state index contributed by atoms with van der Waals surface area (Å²) in [4.78, 5) is 31.9. The van der Waals surface area contributed by atoms with Crippen LogP contribution in [0, 0.1) is 12.8 Å². The van der Waals surface area contributed by atoms with Crippen LogP contribution >= 0.6 is 0 Å². The van der Waals surface area contributed by atoms with Crippen LogP contribution in [0.4, 0.5) is 23.2 Å². The third-order valence-corrected chi connectivity index (χ3v) is 11.5. The highest BCUT2D eigenvalue weighted by atomic mass is 19.4. The molecule has 2 aromatic rings. The Labute approximate surface area is 285 Å². The number of carbonyl (C=O) groups excluding carboxylic acids is 1. The number of piperidine rings is 1. The second-order valence-corrected chi connectivity index (χ2v) is 14.4. The number of rotatable bonds is 9. The standard InChI is InChI=1S/C37H47F4N3O5/c1-23-16-29(49-3)9-11-30(23)32-20-43(27-6-4-5-7-27)22-36(32,38)35(47)44-19-25(17-28(44)21-48-2)31-10-8-26(37(39,40)41)18-33(31)42-14-12-24(13-15-42)34(45)46/h8-11,16,18,24-25,27-28,32H,4-7,12-15,17,19-22H2,1-3H3,(H,45,46)/t25-,28+,32+,36+/m1/s1. The van der Waals surface area contributed by atoms with Crippen molar-refractivity contribution in [2.45, 2.75) is 87.6 Å². The fourth-order valence-corrected chi connectivity index (χ4v) is 8.81. The highest BCUT2D eigenvalue weighted by molar-refractivity contribution is 5.88. The smallest absolute Gasteiger partial charge is 0.416 e. The summed E-state index contributed by atoms with van der Waals surface area (Å²) in [5.74, 6) is -2.47. The number of carboxylic acids is 1. The van der Waals surface area contributed by atoms with Gasteiger partial charge in [-0.15, -0.1) is 0 Å². The molecule has 49 heavy (non-hydrogen) atoms. The zero-order chi connectivity index (χ0) is 35.1. The van der Waals surface area contributed by atoms with Crippen LogP contribution in [-0.2, 0) is 20.5 Å². The van der Waals surface area contributed by atoms with Gasteiger partial charge in [0.05, 0.1) is 31.2 Å². The van der Waals surface area contributed by atoms with Crippen LogP contribution in [0.5, 0.6) is 5.75 Å². The molecule has 0 unspecified atom stereocenters. The summed E-state index contributed by atoms with van der Waals surface area (Å²) < 4.78 is 70.6. The van der Waals surface area contributed by atoms with E-state index in [1.807, 2.05) is 24.0 Å². The van der Waals surface area contributed by atoms with Gasteiger partial charge in [-0.2, -0.15) is 13.2 Å². The number of methoxy groups -OCH3 is 2. The Hall–Kier alpha value is -3.38. The van der Waals surface area contributed by atoms with Crippen LogP contribution in [-0.4, -0.2) is 98.1 Å². The number of hydrogen-bond donors (Lipinski definition) is 1. The minimum absolute atomic E-state index is 0.0163. The molecule has 0 spiro atoms. The summed E-state index contributed by atoms with van der Waals surface area (Å²) in [6.45, 7) is 3.22. The van der Waals surface area contributed by atoms with Crippen LogP contribution in [0.2, 0.25) is 0 Å². The maximum absolute atomic E-state index is 17.9. The number of carbonyl (C=O) groups is 2. The monoisotopic (exact) mass is 689 g/mol. The molecule has 268 valence electrons. The second kappa shape index (κ2) is 14.1. The largest absolute Gasteiger partial charge is 0.497 e. The van der Waals surface area contributed by atoms with E-state index in [4.69, 9.17) is 9.47 Å². The van der Waals surface area contributed by atoms with Gasteiger partial charge in [0.2, 0.25) is 5.67 Å². The third-order valence-electron chi connectivity index (χ3n) is 11.5. The van der Waals surface area contributed by atoms with E-state index in [1.54, 1.807) is 18.1 Å². The molecule has 0 aromatic heterocycles. The van der Waals surface area contributed by atoms with Gasteiger partial charge in [-0.3, -0.25) is 14.5 Å². The lowest BCUT2D eigenvalue weighted by Gasteiger charge is -2.35. The normalized spacial score (nSPS) is 27.3. The van der Waals surface area contributed by atoms with Crippen molar-refractivity contribution in [2.75, 3.05) is 58.5 Å². The molecule has 6 rings (SSSR count). The zero-order valence-corrected chi connectivity index (χ0v) is 28.5. The fourth-order valence-electron chi connectivity index (χ4n) is 8.81. The predicted molar refractivity (Wildman–Crippen MR) is 177 cm³/mol. The summed E-state index contributed by atoms with van der Waals surface area (Å²) in [5.41, 5.74) is -0.349. The topological polar surface area (TPSA) is 82.5 Å². The van der Waals surface area contributed by atoms with Crippen molar-refractivity contribution in [3.8, 4) is 5.75 Å². The van der Waals surface area contributed by atoms with Crippen molar-refractivity contribution in [2.24, 2.45) is 5.92 Å². The predicted octanol–water partition coefficient (Wildman–Crippen LogP) is 6.40. The first-order chi connectivity index (χ1) is 23.3. The molecule has 4 aliphatic rings. The van der Waals surface area contributed by atoms with Gasteiger partial charge in [-0.1, -0.05) is 25.0 Å². The molecule has 12 heteroatoms. The van der Waals surface area contributed by atoms with Gasteiger partial charge in [0.15, 0.2) is 0 Å². The summed E-state index contributed by atoms with van der Waals surface area (Å²) >= 11 is 0. The maximum atomic E-state index is 17.9. The molecular weight excluding hydrogens is 642 g/mol. The van der Waals surface area contributed by atoms with E-state index in [2.05, 4.69) is 4.90 Å². The Balaban J connectivity index is 1.33. The Bertz CT molecular complexity index is 1520. The van der Waals surface area contributed by atoms with Crippen LogP contribution in [0.25, 0.3) is 0 Å². The van der Waals surface area contributed by atoms with E-state index >= 15 is 4.39 Å². The van der Waals surface area contributed by atoms with Gasteiger partial charge in [-0.25, -0.2) is 4.39 Å². The van der Waals surface area contributed by atoms with Crippen molar-refractivity contribution in [3.05, 3.63) is 58.7 Å².